The van der Waals surface area contributed by atoms with E-state index in [-0.39, 0.29) is 0 Å². The number of hydrogen-bond acceptors (Lipinski definition) is 3. The highest BCUT2D eigenvalue weighted by molar-refractivity contribution is 5.21. The van der Waals surface area contributed by atoms with Crippen molar-refractivity contribution >= 4 is 0 Å². The van der Waals surface area contributed by atoms with Gasteiger partial charge < -0.3 is 9.88 Å². The average Bonchev–Trinajstić information content (AvgIpc) is 2.79. The van der Waals surface area contributed by atoms with Crippen molar-refractivity contribution in [2.24, 2.45) is 0 Å². The Morgan fingerprint density at radius 2 is 2.18 bits per heavy atom. The molecule has 4 nitrogen and oxygen atoms in total. The third kappa shape index (κ3) is 2.91. The van der Waals surface area contributed by atoms with E-state index in [1.807, 2.05) is 24.8 Å². The van der Waals surface area contributed by atoms with Crippen molar-refractivity contribution in [2.75, 3.05) is 0 Å². The van der Waals surface area contributed by atoms with Crippen molar-refractivity contribution in [1.82, 2.24) is 19.9 Å². The lowest BCUT2D eigenvalue weighted by Crippen LogP contribution is -2.17. The average molecular weight is 230 g/mol. The molecule has 0 atom stereocenters. The zero-order valence-electron chi connectivity index (χ0n) is 10.3. The Bertz CT molecular complexity index is 476. The van der Waals surface area contributed by atoms with Crippen LogP contribution in [0.3, 0.4) is 0 Å². The van der Waals surface area contributed by atoms with Crippen LogP contribution in [0.4, 0.5) is 0 Å². The molecule has 0 spiro atoms. The molecule has 0 saturated carbocycles. The normalized spacial score (nSPS) is 10.7. The van der Waals surface area contributed by atoms with E-state index in [4.69, 9.17) is 0 Å². The molecule has 0 fully saturated rings. The molecule has 2 aromatic rings. The van der Waals surface area contributed by atoms with Crippen molar-refractivity contribution in [3.8, 4) is 0 Å². The summed E-state index contributed by atoms with van der Waals surface area (Å²) in [6.07, 6.45) is 7.58. The Hall–Kier alpha value is -1.68. The minimum absolute atomic E-state index is 0.794. The van der Waals surface area contributed by atoms with E-state index in [0.717, 1.165) is 25.5 Å². The van der Waals surface area contributed by atoms with Crippen LogP contribution in [-0.4, -0.2) is 14.5 Å². The fourth-order valence-electron chi connectivity index (χ4n) is 1.80. The number of aromatic nitrogens is 3. The molecule has 0 saturated heterocycles. The maximum absolute atomic E-state index is 4.33. The Morgan fingerprint density at radius 3 is 2.94 bits per heavy atom. The maximum Gasteiger partial charge on any atom is 0.122 e. The summed E-state index contributed by atoms with van der Waals surface area (Å²) in [5.41, 5.74) is 2.51. The molecule has 1 N–H and O–H groups in total. The predicted molar refractivity (Wildman–Crippen MR) is 67.4 cm³/mol. The molecular weight excluding hydrogens is 212 g/mol. The Balaban J connectivity index is 1.90. The van der Waals surface area contributed by atoms with Crippen LogP contribution in [0.5, 0.6) is 0 Å². The molecule has 0 aliphatic rings. The standard InChI is InChI=1S/C13H18N4/c1-3-17-7-6-16-13(17)10-15-9-12-4-5-14-8-11(12)2/h4-8,15H,3,9-10H2,1-2H3. The molecule has 0 aromatic carbocycles. The van der Waals surface area contributed by atoms with Crippen LogP contribution in [0, 0.1) is 6.92 Å². The zero-order chi connectivity index (χ0) is 12.1. The lowest BCUT2D eigenvalue weighted by Gasteiger charge is -2.08. The number of rotatable bonds is 5. The molecule has 0 amide bonds. The number of nitrogens with one attached hydrogen (secondary N) is 1. The van der Waals surface area contributed by atoms with Crippen LogP contribution in [0.1, 0.15) is 23.9 Å². The smallest absolute Gasteiger partial charge is 0.122 e. The van der Waals surface area contributed by atoms with Gasteiger partial charge in [-0.05, 0) is 31.0 Å². The van der Waals surface area contributed by atoms with Crippen LogP contribution in [-0.2, 0) is 19.6 Å². The first kappa shape index (κ1) is 11.8. The SMILES string of the molecule is CCn1ccnc1CNCc1ccncc1C. The van der Waals surface area contributed by atoms with E-state index in [1.54, 1.807) is 0 Å². The molecule has 0 radical (unpaired) electrons. The number of hydrogen-bond donors (Lipinski definition) is 1. The Kier molecular flexibility index (Phi) is 3.88. The summed E-state index contributed by atoms with van der Waals surface area (Å²) in [4.78, 5) is 8.41. The van der Waals surface area contributed by atoms with Gasteiger partial charge in [0.15, 0.2) is 0 Å². The van der Waals surface area contributed by atoms with Gasteiger partial charge >= 0.3 is 0 Å². The van der Waals surface area contributed by atoms with Crippen LogP contribution in [0.2, 0.25) is 0 Å². The molecule has 0 aliphatic heterocycles. The van der Waals surface area contributed by atoms with Gasteiger partial charge in [0.25, 0.3) is 0 Å². The van der Waals surface area contributed by atoms with Gasteiger partial charge in [-0.3, -0.25) is 4.98 Å². The summed E-state index contributed by atoms with van der Waals surface area (Å²) < 4.78 is 2.15. The van der Waals surface area contributed by atoms with Gasteiger partial charge in [0.05, 0.1) is 6.54 Å². The number of pyridine rings is 1. The van der Waals surface area contributed by atoms with Crippen LogP contribution < -0.4 is 5.32 Å². The fourth-order valence-corrected chi connectivity index (χ4v) is 1.80. The Morgan fingerprint density at radius 1 is 1.29 bits per heavy atom. The number of imidazole rings is 1. The van der Waals surface area contributed by atoms with Gasteiger partial charge in [0, 0.05) is 37.9 Å². The second-order valence-corrected chi connectivity index (χ2v) is 4.04. The first-order chi connectivity index (χ1) is 8.31. The highest BCUT2D eigenvalue weighted by Gasteiger charge is 2.01. The van der Waals surface area contributed by atoms with Crippen molar-refractivity contribution in [2.45, 2.75) is 33.5 Å². The quantitative estimate of drug-likeness (QED) is 0.853. The largest absolute Gasteiger partial charge is 0.334 e. The van der Waals surface area contributed by atoms with Crippen molar-refractivity contribution in [1.29, 1.82) is 0 Å². The third-order valence-corrected chi connectivity index (χ3v) is 2.88. The molecule has 4 heteroatoms. The van der Waals surface area contributed by atoms with E-state index in [1.165, 1.54) is 11.1 Å². The predicted octanol–water partition coefficient (Wildman–Crippen LogP) is 1.90. The molecule has 0 unspecified atom stereocenters. The van der Waals surface area contributed by atoms with E-state index in [9.17, 15) is 0 Å². The van der Waals surface area contributed by atoms with Gasteiger partial charge in [0.1, 0.15) is 5.82 Å². The molecule has 2 rings (SSSR count). The van der Waals surface area contributed by atoms with Gasteiger partial charge in [-0.1, -0.05) is 0 Å². The monoisotopic (exact) mass is 230 g/mol. The van der Waals surface area contributed by atoms with Crippen LogP contribution in [0.25, 0.3) is 0 Å². The summed E-state index contributed by atoms with van der Waals surface area (Å²) in [7, 11) is 0. The van der Waals surface area contributed by atoms with E-state index in [2.05, 4.69) is 39.8 Å². The second kappa shape index (κ2) is 5.59. The third-order valence-electron chi connectivity index (χ3n) is 2.88. The van der Waals surface area contributed by atoms with E-state index < -0.39 is 0 Å². The van der Waals surface area contributed by atoms with Crippen molar-refractivity contribution < 1.29 is 0 Å². The molecule has 0 aliphatic carbocycles. The fraction of sp³-hybridized carbons (Fsp3) is 0.385. The summed E-state index contributed by atoms with van der Waals surface area (Å²) in [6.45, 7) is 6.81. The summed E-state index contributed by atoms with van der Waals surface area (Å²) in [5, 5.41) is 3.41. The van der Waals surface area contributed by atoms with Gasteiger partial charge in [-0.25, -0.2) is 4.98 Å². The lowest BCUT2D eigenvalue weighted by atomic mass is 10.1. The molecule has 90 valence electrons. The van der Waals surface area contributed by atoms with E-state index >= 15 is 0 Å². The molecule has 2 aromatic heterocycles. The summed E-state index contributed by atoms with van der Waals surface area (Å²) in [6, 6.07) is 2.05. The van der Waals surface area contributed by atoms with Crippen molar-refractivity contribution in [3.05, 3.63) is 47.8 Å². The first-order valence-electron chi connectivity index (χ1n) is 5.91. The van der Waals surface area contributed by atoms with Crippen molar-refractivity contribution in [3.63, 3.8) is 0 Å². The molecule has 0 bridgehead atoms. The van der Waals surface area contributed by atoms with Crippen LogP contribution in [0.15, 0.2) is 30.9 Å². The maximum atomic E-state index is 4.33. The van der Waals surface area contributed by atoms with E-state index in [0.29, 0.717) is 0 Å². The minimum atomic E-state index is 0.794. The zero-order valence-corrected chi connectivity index (χ0v) is 10.3. The molecule has 2 heterocycles. The second-order valence-electron chi connectivity index (χ2n) is 4.04. The highest BCUT2D eigenvalue weighted by atomic mass is 15.1. The number of aryl methyl sites for hydroxylation is 2. The summed E-state index contributed by atoms with van der Waals surface area (Å²) in [5.74, 6) is 1.08. The first-order valence-corrected chi connectivity index (χ1v) is 5.91. The van der Waals surface area contributed by atoms with Gasteiger partial charge in [0.2, 0.25) is 0 Å². The van der Waals surface area contributed by atoms with Crippen LogP contribution >= 0.6 is 0 Å². The molecular formula is C13H18N4. The molecule has 17 heavy (non-hydrogen) atoms. The van der Waals surface area contributed by atoms with Gasteiger partial charge in [-0.15, -0.1) is 0 Å². The summed E-state index contributed by atoms with van der Waals surface area (Å²) >= 11 is 0. The minimum Gasteiger partial charge on any atom is -0.334 e. The highest BCUT2D eigenvalue weighted by Crippen LogP contribution is 2.05. The lowest BCUT2D eigenvalue weighted by molar-refractivity contribution is 0.611. The number of nitrogens with zero attached hydrogens (tertiary/aromatic N) is 3. The Labute approximate surface area is 102 Å². The topological polar surface area (TPSA) is 42.7 Å². The van der Waals surface area contributed by atoms with Gasteiger partial charge in [-0.2, -0.15) is 0 Å².